The van der Waals surface area contributed by atoms with Gasteiger partial charge < -0.3 is 5.32 Å². The van der Waals surface area contributed by atoms with Crippen LogP contribution in [0.5, 0.6) is 0 Å². The van der Waals surface area contributed by atoms with Gasteiger partial charge >= 0.3 is 0 Å². The summed E-state index contributed by atoms with van der Waals surface area (Å²) in [7, 11) is 2.82. The fraction of sp³-hybridized carbons (Fsp3) is 0.429. The SMILES string of the molecule is CN(C)NC(=O)c1c(NC(=O)c2ccc(S(=O)(=O)N(C)C)cc2)sc2c1CCCCC2. The Morgan fingerprint density at radius 1 is 0.935 bits per heavy atom. The van der Waals surface area contributed by atoms with Gasteiger partial charge in [0.15, 0.2) is 0 Å². The van der Waals surface area contributed by atoms with Crippen molar-refractivity contribution < 1.29 is 18.0 Å². The molecule has 1 aliphatic carbocycles. The molecule has 0 unspecified atom stereocenters. The second-order valence-electron chi connectivity index (χ2n) is 7.87. The number of thiophene rings is 1. The molecule has 3 rings (SSSR count). The number of carbonyl (C=O) groups excluding carboxylic acids is 2. The van der Waals surface area contributed by atoms with Crippen LogP contribution >= 0.6 is 11.3 Å². The number of aryl methyl sites for hydroxylation is 1. The lowest BCUT2D eigenvalue weighted by Gasteiger charge is -2.14. The number of hydrogen-bond donors (Lipinski definition) is 2. The average Bonchev–Trinajstić information content (AvgIpc) is 2.87. The van der Waals surface area contributed by atoms with Gasteiger partial charge in [-0.15, -0.1) is 11.3 Å². The van der Waals surface area contributed by atoms with E-state index in [1.165, 1.54) is 49.7 Å². The van der Waals surface area contributed by atoms with Crippen molar-refractivity contribution in [2.24, 2.45) is 0 Å². The molecule has 10 heteroatoms. The highest BCUT2D eigenvalue weighted by Crippen LogP contribution is 2.37. The van der Waals surface area contributed by atoms with Crippen molar-refractivity contribution in [2.75, 3.05) is 33.5 Å². The second kappa shape index (κ2) is 9.47. The van der Waals surface area contributed by atoms with Crippen molar-refractivity contribution in [2.45, 2.75) is 37.0 Å². The number of sulfonamides is 1. The van der Waals surface area contributed by atoms with Crippen LogP contribution in [0.4, 0.5) is 5.00 Å². The van der Waals surface area contributed by atoms with Gasteiger partial charge in [0.2, 0.25) is 10.0 Å². The number of nitrogens with zero attached hydrogens (tertiary/aromatic N) is 2. The van der Waals surface area contributed by atoms with Crippen molar-refractivity contribution in [3.63, 3.8) is 0 Å². The Bertz CT molecular complexity index is 1070. The monoisotopic (exact) mass is 464 g/mol. The van der Waals surface area contributed by atoms with E-state index in [1.807, 2.05) is 0 Å². The molecular weight excluding hydrogens is 436 g/mol. The topological polar surface area (TPSA) is 98.8 Å². The van der Waals surface area contributed by atoms with E-state index in [0.29, 0.717) is 16.1 Å². The molecule has 0 saturated carbocycles. The molecule has 0 radical (unpaired) electrons. The number of anilines is 1. The zero-order valence-electron chi connectivity index (χ0n) is 18.2. The molecule has 1 heterocycles. The lowest BCUT2D eigenvalue weighted by molar-refractivity contribution is 0.0857. The molecule has 0 aliphatic heterocycles. The van der Waals surface area contributed by atoms with Crippen LogP contribution in [0.2, 0.25) is 0 Å². The summed E-state index contributed by atoms with van der Waals surface area (Å²) >= 11 is 1.45. The second-order valence-corrected chi connectivity index (χ2v) is 11.1. The fourth-order valence-corrected chi connectivity index (χ4v) is 5.68. The van der Waals surface area contributed by atoms with Crippen molar-refractivity contribution in [3.8, 4) is 0 Å². The zero-order valence-corrected chi connectivity index (χ0v) is 19.8. The van der Waals surface area contributed by atoms with Crippen LogP contribution in [0.1, 0.15) is 50.4 Å². The first kappa shape index (κ1) is 23.4. The minimum absolute atomic E-state index is 0.114. The number of hydrazine groups is 1. The maximum atomic E-state index is 12.9. The van der Waals surface area contributed by atoms with Crippen LogP contribution in [-0.4, -0.2) is 57.7 Å². The smallest absolute Gasteiger partial charge is 0.268 e. The summed E-state index contributed by atoms with van der Waals surface area (Å²) < 4.78 is 25.6. The average molecular weight is 465 g/mol. The van der Waals surface area contributed by atoms with Gasteiger partial charge in [-0.05, 0) is 55.5 Å². The third kappa shape index (κ3) is 5.15. The highest BCUT2D eigenvalue weighted by atomic mass is 32.2. The summed E-state index contributed by atoms with van der Waals surface area (Å²) in [5.41, 5.74) is 4.64. The Labute approximate surface area is 187 Å². The van der Waals surface area contributed by atoms with Gasteiger partial charge in [-0.25, -0.2) is 17.7 Å². The number of rotatable bonds is 6. The summed E-state index contributed by atoms with van der Waals surface area (Å²) in [6.07, 6.45) is 4.92. The Balaban J connectivity index is 1.89. The van der Waals surface area contributed by atoms with E-state index >= 15 is 0 Å². The van der Waals surface area contributed by atoms with Gasteiger partial charge in [0, 0.05) is 38.6 Å². The Morgan fingerprint density at radius 2 is 1.58 bits per heavy atom. The molecule has 1 aromatic heterocycles. The van der Waals surface area contributed by atoms with Crippen molar-refractivity contribution >= 4 is 38.2 Å². The summed E-state index contributed by atoms with van der Waals surface area (Å²) in [6, 6.07) is 5.77. The van der Waals surface area contributed by atoms with Crippen LogP contribution in [-0.2, 0) is 22.9 Å². The molecular formula is C21H28N4O4S2. The van der Waals surface area contributed by atoms with Gasteiger partial charge in [-0.2, -0.15) is 0 Å². The standard InChI is InChI=1S/C21H28N4O4S2/c1-24(2)23-20(27)18-16-8-6-5-7-9-17(16)30-21(18)22-19(26)14-10-12-15(13-11-14)31(28,29)25(3)4/h10-13H,5-9H2,1-4H3,(H,22,26)(H,23,27). The predicted molar refractivity (Wildman–Crippen MR) is 122 cm³/mol. The van der Waals surface area contributed by atoms with Gasteiger partial charge in [-0.3, -0.25) is 15.0 Å². The predicted octanol–water partition coefficient (Wildman–Crippen LogP) is 2.73. The molecule has 0 atom stereocenters. The first-order valence-electron chi connectivity index (χ1n) is 10.1. The summed E-state index contributed by atoms with van der Waals surface area (Å²) in [4.78, 5) is 27.0. The third-order valence-corrected chi connectivity index (χ3v) is 8.13. The van der Waals surface area contributed by atoms with Crippen molar-refractivity contribution in [1.29, 1.82) is 0 Å². The van der Waals surface area contributed by atoms with E-state index in [9.17, 15) is 18.0 Å². The number of amides is 2. The van der Waals surface area contributed by atoms with E-state index in [-0.39, 0.29) is 16.7 Å². The number of benzene rings is 1. The summed E-state index contributed by atoms with van der Waals surface area (Å²) in [6.45, 7) is 0. The largest absolute Gasteiger partial charge is 0.313 e. The number of fused-ring (bicyclic) bond motifs is 1. The van der Waals surface area contributed by atoms with Crippen molar-refractivity contribution in [3.05, 3.63) is 45.8 Å². The lowest BCUT2D eigenvalue weighted by atomic mass is 10.0. The maximum Gasteiger partial charge on any atom is 0.268 e. The number of carbonyl (C=O) groups is 2. The van der Waals surface area contributed by atoms with Crippen LogP contribution in [0.25, 0.3) is 0 Å². The van der Waals surface area contributed by atoms with Crippen LogP contribution < -0.4 is 10.7 Å². The highest BCUT2D eigenvalue weighted by molar-refractivity contribution is 7.89. The molecule has 2 amide bonds. The Morgan fingerprint density at radius 3 is 2.19 bits per heavy atom. The minimum Gasteiger partial charge on any atom is -0.313 e. The molecule has 8 nitrogen and oxygen atoms in total. The lowest BCUT2D eigenvalue weighted by Crippen LogP contribution is -2.36. The molecule has 168 valence electrons. The van der Waals surface area contributed by atoms with E-state index in [0.717, 1.165) is 46.8 Å². The van der Waals surface area contributed by atoms with Crippen LogP contribution in [0.15, 0.2) is 29.2 Å². The maximum absolute atomic E-state index is 12.9. The van der Waals surface area contributed by atoms with E-state index in [1.54, 1.807) is 19.1 Å². The Kier molecular flexibility index (Phi) is 7.15. The normalized spacial score (nSPS) is 14.3. The highest BCUT2D eigenvalue weighted by Gasteiger charge is 2.26. The molecule has 31 heavy (non-hydrogen) atoms. The molecule has 0 spiro atoms. The summed E-state index contributed by atoms with van der Waals surface area (Å²) in [5.74, 6) is -0.628. The first-order chi connectivity index (χ1) is 14.6. The first-order valence-corrected chi connectivity index (χ1v) is 12.3. The quantitative estimate of drug-likeness (QED) is 0.506. The van der Waals surface area contributed by atoms with Gasteiger partial charge in [0.05, 0.1) is 10.5 Å². The molecule has 0 saturated heterocycles. The Hall–Kier alpha value is -2.27. The zero-order chi connectivity index (χ0) is 22.8. The molecule has 2 N–H and O–H groups in total. The molecule has 1 aromatic carbocycles. The molecule has 1 aliphatic rings. The molecule has 0 bridgehead atoms. The van der Waals surface area contributed by atoms with Crippen LogP contribution in [0.3, 0.4) is 0 Å². The molecule has 2 aromatic rings. The fourth-order valence-electron chi connectivity index (χ4n) is 3.49. The summed E-state index contributed by atoms with van der Waals surface area (Å²) in [5, 5.41) is 4.99. The minimum atomic E-state index is -3.57. The van der Waals surface area contributed by atoms with Gasteiger partial charge in [0.25, 0.3) is 11.8 Å². The van der Waals surface area contributed by atoms with Crippen LogP contribution in [0, 0.1) is 0 Å². The van der Waals surface area contributed by atoms with E-state index in [4.69, 9.17) is 0 Å². The van der Waals surface area contributed by atoms with E-state index < -0.39 is 10.0 Å². The van der Waals surface area contributed by atoms with Crippen molar-refractivity contribution in [1.82, 2.24) is 14.7 Å². The third-order valence-electron chi connectivity index (χ3n) is 5.10. The van der Waals surface area contributed by atoms with Gasteiger partial charge in [0.1, 0.15) is 5.00 Å². The number of hydrogen-bond acceptors (Lipinski definition) is 6. The number of nitrogens with one attached hydrogen (secondary N) is 2. The van der Waals surface area contributed by atoms with Gasteiger partial charge in [-0.1, -0.05) is 6.42 Å². The van der Waals surface area contributed by atoms with E-state index in [2.05, 4.69) is 10.7 Å². The molecule has 0 fully saturated rings.